The summed E-state index contributed by atoms with van der Waals surface area (Å²) in [4.78, 5) is 11.1. The summed E-state index contributed by atoms with van der Waals surface area (Å²) in [5.74, 6) is 0.118. The standard InChI is InChI=1S/C15H20O3/c1-18-13-7-5-12(6-8-13)15(11-14(16)17)9-3-2-4-10-15/h5-8H,2-4,9-11H2,1H3,(H,16,17). The lowest BCUT2D eigenvalue weighted by atomic mass is 9.67. The largest absolute Gasteiger partial charge is 0.497 e. The SMILES string of the molecule is COc1ccc(C2(CC(=O)O)CCCCC2)cc1. The van der Waals surface area contributed by atoms with E-state index >= 15 is 0 Å². The van der Waals surface area contributed by atoms with Gasteiger partial charge in [-0.1, -0.05) is 31.4 Å². The third-order valence-electron chi connectivity index (χ3n) is 4.00. The van der Waals surface area contributed by atoms with Gasteiger partial charge in [-0.15, -0.1) is 0 Å². The predicted molar refractivity (Wildman–Crippen MR) is 70.0 cm³/mol. The molecule has 0 radical (unpaired) electrons. The molecule has 1 N–H and O–H groups in total. The summed E-state index contributed by atoms with van der Waals surface area (Å²) in [6.45, 7) is 0. The Morgan fingerprint density at radius 3 is 2.33 bits per heavy atom. The summed E-state index contributed by atoms with van der Waals surface area (Å²) in [7, 11) is 1.64. The maximum atomic E-state index is 11.1. The second-order valence-corrected chi connectivity index (χ2v) is 5.14. The van der Waals surface area contributed by atoms with Crippen LogP contribution in [0, 0.1) is 0 Å². The van der Waals surface area contributed by atoms with Crippen molar-refractivity contribution in [3.63, 3.8) is 0 Å². The predicted octanol–water partition coefficient (Wildman–Crippen LogP) is 3.37. The maximum Gasteiger partial charge on any atom is 0.304 e. The zero-order valence-electron chi connectivity index (χ0n) is 10.8. The number of benzene rings is 1. The van der Waals surface area contributed by atoms with Gasteiger partial charge in [-0.3, -0.25) is 4.79 Å². The molecule has 0 aliphatic heterocycles. The molecule has 0 aromatic heterocycles. The third kappa shape index (κ3) is 2.66. The van der Waals surface area contributed by atoms with Crippen LogP contribution in [0.4, 0.5) is 0 Å². The first kappa shape index (κ1) is 12.9. The Morgan fingerprint density at radius 1 is 1.22 bits per heavy atom. The van der Waals surface area contributed by atoms with Crippen molar-refractivity contribution in [3.05, 3.63) is 29.8 Å². The van der Waals surface area contributed by atoms with E-state index < -0.39 is 5.97 Å². The first-order chi connectivity index (χ1) is 8.66. The average molecular weight is 248 g/mol. The van der Waals surface area contributed by atoms with E-state index in [1.54, 1.807) is 7.11 Å². The molecule has 1 saturated carbocycles. The highest BCUT2D eigenvalue weighted by Crippen LogP contribution is 2.42. The Hall–Kier alpha value is -1.51. The zero-order chi connectivity index (χ0) is 13.0. The molecule has 1 aliphatic carbocycles. The normalized spacial score (nSPS) is 18.3. The molecule has 18 heavy (non-hydrogen) atoms. The molecule has 1 aromatic carbocycles. The van der Waals surface area contributed by atoms with Gasteiger partial charge >= 0.3 is 5.97 Å². The Balaban J connectivity index is 2.29. The molecule has 0 spiro atoms. The molecule has 1 fully saturated rings. The molecule has 0 bridgehead atoms. The van der Waals surface area contributed by atoms with Crippen molar-refractivity contribution in [3.8, 4) is 5.75 Å². The fourth-order valence-corrected chi connectivity index (χ4v) is 3.03. The molecule has 3 nitrogen and oxygen atoms in total. The molecule has 0 atom stereocenters. The molecule has 0 amide bonds. The fraction of sp³-hybridized carbons (Fsp3) is 0.533. The number of carboxylic acids is 1. The molecule has 3 heteroatoms. The number of hydrogen-bond donors (Lipinski definition) is 1. The number of hydrogen-bond acceptors (Lipinski definition) is 2. The van der Waals surface area contributed by atoms with Crippen LogP contribution in [0.2, 0.25) is 0 Å². The van der Waals surface area contributed by atoms with Gasteiger partial charge in [-0.25, -0.2) is 0 Å². The highest BCUT2D eigenvalue weighted by molar-refractivity contribution is 5.69. The van der Waals surface area contributed by atoms with E-state index in [2.05, 4.69) is 0 Å². The van der Waals surface area contributed by atoms with Gasteiger partial charge in [0.05, 0.1) is 13.5 Å². The number of aliphatic carboxylic acids is 1. The first-order valence-corrected chi connectivity index (χ1v) is 6.53. The quantitative estimate of drug-likeness (QED) is 0.888. The minimum atomic E-state index is -0.701. The summed E-state index contributed by atoms with van der Waals surface area (Å²) in [6, 6.07) is 7.89. The van der Waals surface area contributed by atoms with Gasteiger partial charge in [-0.05, 0) is 30.5 Å². The van der Waals surface area contributed by atoms with E-state index in [4.69, 9.17) is 9.84 Å². The van der Waals surface area contributed by atoms with E-state index in [0.29, 0.717) is 0 Å². The topological polar surface area (TPSA) is 46.5 Å². The number of methoxy groups -OCH3 is 1. The van der Waals surface area contributed by atoms with Gasteiger partial charge in [0.2, 0.25) is 0 Å². The van der Waals surface area contributed by atoms with E-state index in [1.807, 2.05) is 24.3 Å². The van der Waals surface area contributed by atoms with Gasteiger partial charge in [0.1, 0.15) is 5.75 Å². The molecule has 98 valence electrons. The van der Waals surface area contributed by atoms with Crippen LogP contribution in [0.25, 0.3) is 0 Å². The van der Waals surface area contributed by atoms with Gasteiger partial charge in [-0.2, -0.15) is 0 Å². The van der Waals surface area contributed by atoms with Crippen LogP contribution >= 0.6 is 0 Å². The van der Waals surface area contributed by atoms with Crippen molar-refractivity contribution in [2.75, 3.05) is 7.11 Å². The summed E-state index contributed by atoms with van der Waals surface area (Å²) < 4.78 is 5.15. The van der Waals surface area contributed by atoms with Crippen molar-refractivity contribution in [2.24, 2.45) is 0 Å². The Kier molecular flexibility index (Phi) is 3.90. The highest BCUT2D eigenvalue weighted by Gasteiger charge is 2.35. The van der Waals surface area contributed by atoms with Gasteiger partial charge in [0.15, 0.2) is 0 Å². The Morgan fingerprint density at radius 2 is 1.83 bits per heavy atom. The Bertz CT molecular complexity index is 402. The van der Waals surface area contributed by atoms with Crippen LogP contribution in [-0.4, -0.2) is 18.2 Å². The second-order valence-electron chi connectivity index (χ2n) is 5.14. The van der Waals surface area contributed by atoms with Crippen LogP contribution < -0.4 is 4.74 Å². The fourth-order valence-electron chi connectivity index (χ4n) is 3.03. The molecule has 0 saturated heterocycles. The van der Waals surface area contributed by atoms with Gasteiger partial charge in [0.25, 0.3) is 0 Å². The molecular weight excluding hydrogens is 228 g/mol. The van der Waals surface area contributed by atoms with E-state index in [0.717, 1.165) is 37.0 Å². The average Bonchev–Trinajstić information content (AvgIpc) is 2.39. The van der Waals surface area contributed by atoms with Crippen LogP contribution in [0.3, 0.4) is 0 Å². The van der Waals surface area contributed by atoms with Crippen molar-refractivity contribution < 1.29 is 14.6 Å². The van der Waals surface area contributed by atoms with Crippen LogP contribution in [-0.2, 0) is 10.2 Å². The minimum Gasteiger partial charge on any atom is -0.497 e. The molecule has 2 rings (SSSR count). The van der Waals surface area contributed by atoms with Crippen molar-refractivity contribution >= 4 is 5.97 Å². The van der Waals surface area contributed by atoms with Crippen LogP contribution in [0.1, 0.15) is 44.1 Å². The summed E-state index contributed by atoms with van der Waals surface area (Å²) >= 11 is 0. The van der Waals surface area contributed by atoms with E-state index in [-0.39, 0.29) is 11.8 Å². The minimum absolute atomic E-state index is 0.170. The number of carboxylic acid groups (broad SMARTS) is 1. The number of carbonyl (C=O) groups is 1. The van der Waals surface area contributed by atoms with Crippen molar-refractivity contribution in [1.82, 2.24) is 0 Å². The Labute approximate surface area is 108 Å². The molecule has 1 aromatic rings. The van der Waals surface area contributed by atoms with E-state index in [1.165, 1.54) is 6.42 Å². The van der Waals surface area contributed by atoms with Gasteiger partial charge < -0.3 is 9.84 Å². The summed E-state index contributed by atoms with van der Waals surface area (Å²) in [5, 5.41) is 9.17. The summed E-state index contributed by atoms with van der Waals surface area (Å²) in [6.07, 6.45) is 5.66. The lowest BCUT2D eigenvalue weighted by Gasteiger charge is -2.36. The second kappa shape index (κ2) is 5.42. The molecule has 1 aliphatic rings. The lowest BCUT2D eigenvalue weighted by molar-refractivity contribution is -0.138. The zero-order valence-corrected chi connectivity index (χ0v) is 10.8. The van der Waals surface area contributed by atoms with E-state index in [9.17, 15) is 4.79 Å². The molecule has 0 unspecified atom stereocenters. The number of rotatable bonds is 4. The number of ether oxygens (including phenoxy) is 1. The van der Waals surface area contributed by atoms with Crippen LogP contribution in [0.5, 0.6) is 5.75 Å². The third-order valence-corrected chi connectivity index (χ3v) is 4.00. The highest BCUT2D eigenvalue weighted by atomic mass is 16.5. The monoisotopic (exact) mass is 248 g/mol. The van der Waals surface area contributed by atoms with Crippen molar-refractivity contribution in [1.29, 1.82) is 0 Å². The maximum absolute atomic E-state index is 11.1. The molecular formula is C15H20O3. The first-order valence-electron chi connectivity index (χ1n) is 6.53. The lowest BCUT2D eigenvalue weighted by Crippen LogP contribution is -2.31. The van der Waals surface area contributed by atoms with Crippen molar-refractivity contribution in [2.45, 2.75) is 43.9 Å². The van der Waals surface area contributed by atoms with Crippen LogP contribution in [0.15, 0.2) is 24.3 Å². The molecule has 0 heterocycles. The smallest absolute Gasteiger partial charge is 0.304 e. The summed E-state index contributed by atoms with van der Waals surface area (Å²) in [5.41, 5.74) is 0.974. The van der Waals surface area contributed by atoms with Gasteiger partial charge in [0, 0.05) is 5.41 Å².